The van der Waals surface area contributed by atoms with Crippen molar-refractivity contribution in [2.24, 2.45) is 17.6 Å². The first-order chi connectivity index (χ1) is 4.22. The van der Waals surface area contributed by atoms with Gasteiger partial charge in [0.25, 0.3) is 0 Å². The molecule has 0 spiro atoms. The minimum atomic E-state index is 0.279. The first-order valence-corrected chi connectivity index (χ1v) is 3.53. The molecule has 0 saturated carbocycles. The largest absolute Gasteiger partial charge is 0.396 e. The summed E-state index contributed by atoms with van der Waals surface area (Å²) in [5.41, 5.74) is 5.34. The van der Waals surface area contributed by atoms with Gasteiger partial charge in [0.2, 0.25) is 0 Å². The molecular formula is C7H17NO. The van der Waals surface area contributed by atoms with Gasteiger partial charge >= 0.3 is 0 Å². The first kappa shape index (κ1) is 8.92. The molecule has 9 heavy (non-hydrogen) atoms. The number of rotatable bonds is 4. The molecule has 56 valence electrons. The topological polar surface area (TPSA) is 46.2 Å². The second kappa shape index (κ2) is 4.77. The van der Waals surface area contributed by atoms with E-state index in [1.165, 1.54) is 0 Å². The highest BCUT2D eigenvalue weighted by Crippen LogP contribution is 2.12. The summed E-state index contributed by atoms with van der Waals surface area (Å²) in [7, 11) is 0. The van der Waals surface area contributed by atoms with E-state index in [-0.39, 0.29) is 6.61 Å². The molecule has 2 heteroatoms. The van der Waals surface area contributed by atoms with Crippen LogP contribution in [0.2, 0.25) is 0 Å². The van der Waals surface area contributed by atoms with Crippen molar-refractivity contribution in [3.63, 3.8) is 0 Å². The summed E-state index contributed by atoms with van der Waals surface area (Å²) in [6, 6.07) is 0. The molecule has 0 aromatic rings. The highest BCUT2D eigenvalue weighted by Gasteiger charge is 2.08. The van der Waals surface area contributed by atoms with Gasteiger partial charge in [0.15, 0.2) is 0 Å². The standard InChI is InChI=1S/C7H17NO/c1-6(3-4-8)7(2)5-9/h6-7,9H,3-5,8H2,1-2H3. The monoisotopic (exact) mass is 131 g/mol. The van der Waals surface area contributed by atoms with Crippen LogP contribution in [-0.2, 0) is 0 Å². The maximum Gasteiger partial charge on any atom is 0.0459 e. The number of aliphatic hydroxyl groups excluding tert-OH is 1. The van der Waals surface area contributed by atoms with Crippen LogP contribution < -0.4 is 5.73 Å². The van der Waals surface area contributed by atoms with Crippen molar-refractivity contribution in [3.05, 3.63) is 0 Å². The maximum absolute atomic E-state index is 8.69. The SMILES string of the molecule is CC(CO)C(C)CCN. The quantitative estimate of drug-likeness (QED) is 0.587. The summed E-state index contributed by atoms with van der Waals surface area (Å²) in [5.74, 6) is 0.952. The molecule has 2 unspecified atom stereocenters. The van der Waals surface area contributed by atoms with E-state index >= 15 is 0 Å². The summed E-state index contributed by atoms with van der Waals surface area (Å²) < 4.78 is 0. The average Bonchev–Trinajstić information content (AvgIpc) is 1.87. The van der Waals surface area contributed by atoms with Crippen molar-refractivity contribution in [3.8, 4) is 0 Å². The summed E-state index contributed by atoms with van der Waals surface area (Å²) in [4.78, 5) is 0. The molecule has 0 radical (unpaired) electrons. The Morgan fingerprint density at radius 3 is 2.22 bits per heavy atom. The molecule has 0 heterocycles. The van der Waals surface area contributed by atoms with Crippen molar-refractivity contribution in [1.29, 1.82) is 0 Å². The van der Waals surface area contributed by atoms with Gasteiger partial charge in [0.05, 0.1) is 0 Å². The first-order valence-electron chi connectivity index (χ1n) is 3.53. The summed E-state index contributed by atoms with van der Waals surface area (Å²) >= 11 is 0. The van der Waals surface area contributed by atoms with Gasteiger partial charge in [-0.3, -0.25) is 0 Å². The summed E-state index contributed by atoms with van der Waals surface area (Å²) in [6.45, 7) is 5.17. The molecule has 0 saturated heterocycles. The average molecular weight is 131 g/mol. The lowest BCUT2D eigenvalue weighted by Crippen LogP contribution is -2.15. The normalized spacial score (nSPS) is 17.3. The molecule has 0 bridgehead atoms. The van der Waals surface area contributed by atoms with E-state index in [1.807, 2.05) is 6.92 Å². The molecule has 0 aliphatic rings. The van der Waals surface area contributed by atoms with Crippen molar-refractivity contribution in [2.45, 2.75) is 20.3 Å². The van der Waals surface area contributed by atoms with Gasteiger partial charge < -0.3 is 10.8 Å². The van der Waals surface area contributed by atoms with Crippen LogP contribution in [0.15, 0.2) is 0 Å². The zero-order valence-corrected chi connectivity index (χ0v) is 6.30. The predicted molar refractivity (Wildman–Crippen MR) is 39.1 cm³/mol. The van der Waals surface area contributed by atoms with E-state index in [0.29, 0.717) is 11.8 Å². The van der Waals surface area contributed by atoms with Crippen LogP contribution in [0.4, 0.5) is 0 Å². The zero-order valence-electron chi connectivity index (χ0n) is 6.30. The van der Waals surface area contributed by atoms with Crippen molar-refractivity contribution in [1.82, 2.24) is 0 Å². The Balaban J connectivity index is 3.32. The van der Waals surface area contributed by atoms with E-state index < -0.39 is 0 Å². The number of hydrogen-bond donors (Lipinski definition) is 2. The number of nitrogens with two attached hydrogens (primary N) is 1. The third-order valence-electron chi connectivity index (χ3n) is 1.88. The molecule has 3 N–H and O–H groups in total. The zero-order chi connectivity index (χ0) is 7.28. The van der Waals surface area contributed by atoms with Gasteiger partial charge in [-0.05, 0) is 24.8 Å². The van der Waals surface area contributed by atoms with Crippen LogP contribution in [0.3, 0.4) is 0 Å². The molecule has 0 aromatic heterocycles. The van der Waals surface area contributed by atoms with Crippen LogP contribution >= 0.6 is 0 Å². The van der Waals surface area contributed by atoms with E-state index in [4.69, 9.17) is 10.8 Å². The smallest absolute Gasteiger partial charge is 0.0459 e. The maximum atomic E-state index is 8.69. The Labute approximate surface area is 57.1 Å². The molecular weight excluding hydrogens is 114 g/mol. The lowest BCUT2D eigenvalue weighted by Gasteiger charge is -2.15. The van der Waals surface area contributed by atoms with Crippen molar-refractivity contribution >= 4 is 0 Å². The highest BCUT2D eigenvalue weighted by atomic mass is 16.3. The second-order valence-electron chi connectivity index (χ2n) is 2.71. The third kappa shape index (κ3) is 3.49. The number of hydrogen-bond acceptors (Lipinski definition) is 2. The van der Waals surface area contributed by atoms with Crippen LogP contribution in [0.1, 0.15) is 20.3 Å². The van der Waals surface area contributed by atoms with Crippen LogP contribution in [0, 0.1) is 11.8 Å². The van der Waals surface area contributed by atoms with E-state index in [2.05, 4.69) is 6.92 Å². The lowest BCUT2D eigenvalue weighted by atomic mass is 9.94. The van der Waals surface area contributed by atoms with Gasteiger partial charge in [-0.1, -0.05) is 13.8 Å². The fraction of sp³-hybridized carbons (Fsp3) is 1.00. The summed E-state index contributed by atoms with van der Waals surface area (Å²) in [6.07, 6.45) is 1.02. The van der Waals surface area contributed by atoms with Crippen LogP contribution in [-0.4, -0.2) is 18.3 Å². The van der Waals surface area contributed by atoms with Crippen molar-refractivity contribution in [2.75, 3.05) is 13.2 Å². The van der Waals surface area contributed by atoms with E-state index in [0.717, 1.165) is 13.0 Å². The highest BCUT2D eigenvalue weighted by molar-refractivity contribution is 4.60. The Kier molecular flexibility index (Phi) is 4.72. The van der Waals surface area contributed by atoms with Crippen LogP contribution in [0.25, 0.3) is 0 Å². The Morgan fingerprint density at radius 2 is 1.89 bits per heavy atom. The molecule has 0 aliphatic carbocycles. The van der Waals surface area contributed by atoms with E-state index in [1.54, 1.807) is 0 Å². The van der Waals surface area contributed by atoms with Crippen LogP contribution in [0.5, 0.6) is 0 Å². The second-order valence-corrected chi connectivity index (χ2v) is 2.71. The Morgan fingerprint density at radius 1 is 1.33 bits per heavy atom. The van der Waals surface area contributed by atoms with E-state index in [9.17, 15) is 0 Å². The lowest BCUT2D eigenvalue weighted by molar-refractivity contribution is 0.192. The molecule has 0 fully saturated rings. The molecule has 2 nitrogen and oxygen atoms in total. The van der Waals surface area contributed by atoms with Gasteiger partial charge in [0, 0.05) is 6.61 Å². The van der Waals surface area contributed by atoms with Gasteiger partial charge in [-0.25, -0.2) is 0 Å². The van der Waals surface area contributed by atoms with Crippen molar-refractivity contribution < 1.29 is 5.11 Å². The predicted octanol–water partition coefficient (Wildman–Crippen LogP) is 0.600. The molecule has 2 atom stereocenters. The minimum Gasteiger partial charge on any atom is -0.396 e. The molecule has 0 rings (SSSR count). The number of aliphatic hydroxyl groups is 1. The Bertz CT molecular complexity index is 65.9. The Hall–Kier alpha value is -0.0800. The molecule has 0 aliphatic heterocycles. The third-order valence-corrected chi connectivity index (χ3v) is 1.88. The molecule has 0 aromatic carbocycles. The minimum absolute atomic E-state index is 0.279. The van der Waals surface area contributed by atoms with Gasteiger partial charge in [-0.15, -0.1) is 0 Å². The molecule has 0 amide bonds. The van der Waals surface area contributed by atoms with Gasteiger partial charge in [-0.2, -0.15) is 0 Å². The van der Waals surface area contributed by atoms with Gasteiger partial charge in [0.1, 0.15) is 0 Å². The summed E-state index contributed by atoms with van der Waals surface area (Å²) in [5, 5.41) is 8.69. The fourth-order valence-electron chi connectivity index (χ4n) is 0.727. The fourth-order valence-corrected chi connectivity index (χ4v) is 0.727.